The molecule has 0 radical (unpaired) electrons. The van der Waals surface area contributed by atoms with Gasteiger partial charge in [0.1, 0.15) is 0 Å². The summed E-state index contributed by atoms with van der Waals surface area (Å²) in [6.45, 7) is 1.23. The summed E-state index contributed by atoms with van der Waals surface area (Å²) >= 11 is 0. The lowest BCUT2D eigenvalue weighted by atomic mass is 9.79. The van der Waals surface area contributed by atoms with Crippen molar-refractivity contribution < 1.29 is 14.5 Å². The zero-order chi connectivity index (χ0) is 14.6. The minimum Gasteiger partial charge on any atom is -0.381 e. The van der Waals surface area contributed by atoms with Crippen molar-refractivity contribution in [2.45, 2.75) is 12.8 Å². The third kappa shape index (κ3) is 2.94. The van der Waals surface area contributed by atoms with Crippen LogP contribution in [0.2, 0.25) is 0 Å². The second-order valence-electron chi connectivity index (χ2n) is 4.86. The maximum absolute atomic E-state index is 12.4. The van der Waals surface area contributed by atoms with Gasteiger partial charge in [-0.25, -0.2) is 0 Å². The van der Waals surface area contributed by atoms with Gasteiger partial charge in [-0.05, 0) is 18.9 Å². The first-order chi connectivity index (χ1) is 9.57. The molecule has 1 aliphatic rings. The number of carbonyl (C=O) groups excluding carboxylic acids is 1. The van der Waals surface area contributed by atoms with E-state index in [-0.39, 0.29) is 18.1 Å². The first kappa shape index (κ1) is 14.4. The van der Waals surface area contributed by atoms with Crippen molar-refractivity contribution in [2.24, 2.45) is 11.1 Å². The van der Waals surface area contributed by atoms with Gasteiger partial charge in [0.15, 0.2) is 0 Å². The number of carbonyl (C=O) groups is 1. The van der Waals surface area contributed by atoms with Gasteiger partial charge < -0.3 is 15.8 Å². The number of ether oxygens (including phenoxy) is 1. The number of non-ortho nitro benzene ring substituents is 1. The number of nitrogens with one attached hydrogen (secondary N) is 1. The molecule has 0 atom stereocenters. The molecule has 1 saturated heterocycles. The highest BCUT2D eigenvalue weighted by atomic mass is 16.6. The molecule has 20 heavy (non-hydrogen) atoms. The SMILES string of the molecule is NCC1(C(=O)Nc2cccc([N+](=O)[O-])c2)CCOCC1. The normalized spacial score (nSPS) is 17.4. The van der Waals surface area contributed by atoms with Crippen LogP contribution in [-0.4, -0.2) is 30.6 Å². The van der Waals surface area contributed by atoms with Crippen LogP contribution in [0, 0.1) is 15.5 Å². The van der Waals surface area contributed by atoms with Gasteiger partial charge in [-0.3, -0.25) is 14.9 Å². The van der Waals surface area contributed by atoms with E-state index < -0.39 is 10.3 Å². The van der Waals surface area contributed by atoms with Crippen LogP contribution in [0.5, 0.6) is 0 Å². The lowest BCUT2D eigenvalue weighted by Crippen LogP contribution is -2.46. The molecule has 0 aliphatic carbocycles. The number of rotatable bonds is 4. The zero-order valence-electron chi connectivity index (χ0n) is 11.0. The number of nitrogens with zero attached hydrogens (tertiary/aromatic N) is 1. The van der Waals surface area contributed by atoms with Crippen LogP contribution < -0.4 is 11.1 Å². The molecule has 0 unspecified atom stereocenters. The highest BCUT2D eigenvalue weighted by Crippen LogP contribution is 2.31. The van der Waals surface area contributed by atoms with Gasteiger partial charge in [-0.15, -0.1) is 0 Å². The van der Waals surface area contributed by atoms with Crippen LogP contribution in [0.3, 0.4) is 0 Å². The van der Waals surface area contributed by atoms with Crippen LogP contribution in [-0.2, 0) is 9.53 Å². The lowest BCUT2D eigenvalue weighted by Gasteiger charge is -2.34. The van der Waals surface area contributed by atoms with E-state index in [0.29, 0.717) is 31.7 Å². The summed E-state index contributed by atoms with van der Waals surface area (Å²) in [7, 11) is 0. The van der Waals surface area contributed by atoms with Crippen molar-refractivity contribution in [1.82, 2.24) is 0 Å². The Morgan fingerprint density at radius 2 is 2.15 bits per heavy atom. The van der Waals surface area contributed by atoms with Gasteiger partial charge in [-0.1, -0.05) is 6.07 Å². The van der Waals surface area contributed by atoms with Gasteiger partial charge in [0.2, 0.25) is 5.91 Å². The summed E-state index contributed by atoms with van der Waals surface area (Å²) in [6.07, 6.45) is 1.12. The number of amides is 1. The number of benzene rings is 1. The summed E-state index contributed by atoms with van der Waals surface area (Å²) < 4.78 is 5.25. The number of nitrogens with two attached hydrogens (primary N) is 1. The van der Waals surface area contributed by atoms with Crippen molar-refractivity contribution >= 4 is 17.3 Å². The van der Waals surface area contributed by atoms with E-state index in [4.69, 9.17) is 10.5 Å². The van der Waals surface area contributed by atoms with E-state index in [2.05, 4.69) is 5.32 Å². The molecule has 0 spiro atoms. The number of nitro benzene ring substituents is 1. The molecule has 0 saturated carbocycles. The molecule has 1 heterocycles. The quantitative estimate of drug-likeness (QED) is 0.637. The highest BCUT2D eigenvalue weighted by molar-refractivity contribution is 5.95. The Bertz CT molecular complexity index is 512. The average molecular weight is 279 g/mol. The van der Waals surface area contributed by atoms with Gasteiger partial charge in [-0.2, -0.15) is 0 Å². The summed E-state index contributed by atoms with van der Waals surface area (Å²) in [5.74, 6) is -0.205. The van der Waals surface area contributed by atoms with Crippen molar-refractivity contribution in [3.8, 4) is 0 Å². The molecule has 7 nitrogen and oxygen atoms in total. The Hall–Kier alpha value is -1.99. The second-order valence-corrected chi connectivity index (χ2v) is 4.86. The lowest BCUT2D eigenvalue weighted by molar-refractivity contribution is -0.384. The van der Waals surface area contributed by atoms with Crippen LogP contribution in [0.25, 0.3) is 0 Å². The van der Waals surface area contributed by atoms with Crippen molar-refractivity contribution in [3.05, 3.63) is 34.4 Å². The summed E-state index contributed by atoms with van der Waals surface area (Å²) in [6, 6.07) is 5.87. The Morgan fingerprint density at radius 1 is 1.45 bits per heavy atom. The van der Waals surface area contributed by atoms with E-state index in [0.717, 1.165) is 0 Å². The summed E-state index contributed by atoms with van der Waals surface area (Å²) in [4.78, 5) is 22.6. The summed E-state index contributed by atoms with van der Waals surface area (Å²) in [5, 5.41) is 13.4. The smallest absolute Gasteiger partial charge is 0.271 e. The average Bonchev–Trinajstić information content (AvgIpc) is 2.48. The molecule has 1 aromatic rings. The Kier molecular flexibility index (Phi) is 4.31. The maximum atomic E-state index is 12.4. The topological polar surface area (TPSA) is 107 Å². The highest BCUT2D eigenvalue weighted by Gasteiger charge is 2.38. The molecule has 1 fully saturated rings. The molecule has 7 heteroatoms. The van der Waals surface area contributed by atoms with Gasteiger partial charge in [0.25, 0.3) is 5.69 Å². The second kappa shape index (κ2) is 5.98. The minimum atomic E-state index is -0.650. The summed E-state index contributed by atoms with van der Waals surface area (Å²) in [5.41, 5.74) is 5.44. The maximum Gasteiger partial charge on any atom is 0.271 e. The first-order valence-corrected chi connectivity index (χ1v) is 6.41. The molecule has 0 aromatic heterocycles. The van der Waals surface area contributed by atoms with E-state index in [9.17, 15) is 14.9 Å². The van der Waals surface area contributed by atoms with Crippen LogP contribution >= 0.6 is 0 Å². The van der Waals surface area contributed by atoms with Crippen molar-refractivity contribution in [2.75, 3.05) is 25.1 Å². The fourth-order valence-corrected chi connectivity index (χ4v) is 2.25. The third-order valence-electron chi connectivity index (χ3n) is 3.64. The first-order valence-electron chi connectivity index (χ1n) is 6.41. The van der Waals surface area contributed by atoms with Crippen LogP contribution in [0.15, 0.2) is 24.3 Å². The Balaban J connectivity index is 2.14. The van der Waals surface area contributed by atoms with Gasteiger partial charge in [0, 0.05) is 37.6 Å². The van der Waals surface area contributed by atoms with E-state index in [1.54, 1.807) is 6.07 Å². The molecule has 3 N–H and O–H groups in total. The molecule has 108 valence electrons. The number of nitro groups is 1. The molecule has 0 bridgehead atoms. The third-order valence-corrected chi connectivity index (χ3v) is 3.64. The van der Waals surface area contributed by atoms with E-state index in [1.165, 1.54) is 18.2 Å². The number of hydrogen-bond acceptors (Lipinski definition) is 5. The molecular formula is C13H17N3O4. The molecular weight excluding hydrogens is 262 g/mol. The van der Waals surface area contributed by atoms with E-state index >= 15 is 0 Å². The van der Waals surface area contributed by atoms with Crippen LogP contribution in [0.4, 0.5) is 11.4 Å². The van der Waals surface area contributed by atoms with E-state index in [1.807, 2.05) is 0 Å². The Labute approximate surface area is 116 Å². The Morgan fingerprint density at radius 3 is 2.75 bits per heavy atom. The van der Waals surface area contributed by atoms with Crippen molar-refractivity contribution in [1.29, 1.82) is 0 Å². The van der Waals surface area contributed by atoms with Crippen molar-refractivity contribution in [3.63, 3.8) is 0 Å². The van der Waals surface area contributed by atoms with Gasteiger partial charge >= 0.3 is 0 Å². The van der Waals surface area contributed by atoms with Gasteiger partial charge in [0.05, 0.1) is 10.3 Å². The number of hydrogen-bond donors (Lipinski definition) is 2. The molecule has 1 aliphatic heterocycles. The van der Waals surface area contributed by atoms with Crippen LogP contribution in [0.1, 0.15) is 12.8 Å². The standard InChI is InChI=1S/C13H17N3O4/c14-9-13(4-6-20-7-5-13)12(17)15-10-2-1-3-11(8-10)16(18)19/h1-3,8H,4-7,9,14H2,(H,15,17). The predicted octanol–water partition coefficient (Wildman–Crippen LogP) is 1.29. The molecule has 2 rings (SSSR count). The zero-order valence-corrected chi connectivity index (χ0v) is 11.0. The monoisotopic (exact) mass is 279 g/mol. The predicted molar refractivity (Wildman–Crippen MR) is 73.3 cm³/mol. The number of anilines is 1. The fraction of sp³-hybridized carbons (Fsp3) is 0.462. The minimum absolute atomic E-state index is 0.0587. The molecule has 1 aromatic carbocycles. The largest absolute Gasteiger partial charge is 0.381 e. The molecule has 1 amide bonds. The fourth-order valence-electron chi connectivity index (χ4n) is 2.25.